The Kier molecular flexibility index (Phi) is 6.39. The normalized spacial score (nSPS) is 10.7. The van der Waals surface area contributed by atoms with Crippen LogP contribution in [0.1, 0.15) is 21.7 Å². The quantitative estimate of drug-likeness (QED) is 0.416. The second-order valence-corrected chi connectivity index (χ2v) is 7.78. The molecule has 0 saturated heterocycles. The van der Waals surface area contributed by atoms with Gasteiger partial charge in [0.05, 0.1) is 12.8 Å². The molecule has 0 aliphatic rings. The lowest BCUT2D eigenvalue weighted by atomic mass is 10.1. The van der Waals surface area contributed by atoms with Gasteiger partial charge in [-0.15, -0.1) is 0 Å². The predicted molar refractivity (Wildman–Crippen MR) is 128 cm³/mol. The fourth-order valence-electron chi connectivity index (χ4n) is 3.23. The molecule has 0 aliphatic heterocycles. The van der Waals surface area contributed by atoms with Crippen molar-refractivity contribution in [1.29, 1.82) is 0 Å². The molecule has 0 saturated carbocycles. The number of nitrogens with two attached hydrogens (primary N) is 1. The van der Waals surface area contributed by atoms with Crippen LogP contribution in [-0.2, 0) is 11.3 Å². The van der Waals surface area contributed by atoms with Gasteiger partial charge in [-0.05, 0) is 31.2 Å². The molecule has 0 unspecified atom stereocenters. The number of carbonyl (C=O) groups is 1. The van der Waals surface area contributed by atoms with Gasteiger partial charge in [-0.3, -0.25) is 0 Å². The molecule has 174 valence electrons. The third kappa shape index (κ3) is 4.96. The van der Waals surface area contributed by atoms with Crippen molar-refractivity contribution < 1.29 is 14.3 Å². The van der Waals surface area contributed by atoms with E-state index in [2.05, 4.69) is 20.1 Å². The van der Waals surface area contributed by atoms with Crippen LogP contribution in [0.2, 0.25) is 0 Å². The molecule has 10 nitrogen and oxygen atoms in total. The third-order valence-corrected chi connectivity index (χ3v) is 5.00. The summed E-state index contributed by atoms with van der Waals surface area (Å²) in [5, 5.41) is 4.68. The van der Waals surface area contributed by atoms with Crippen molar-refractivity contribution in [3.63, 3.8) is 0 Å². The molecule has 0 bridgehead atoms. The molecule has 34 heavy (non-hydrogen) atoms. The van der Waals surface area contributed by atoms with Gasteiger partial charge in [-0.2, -0.15) is 20.1 Å². The highest BCUT2D eigenvalue weighted by molar-refractivity contribution is 5.96. The summed E-state index contributed by atoms with van der Waals surface area (Å²) < 4.78 is 12.5. The number of ether oxygens (including phenoxy) is 2. The van der Waals surface area contributed by atoms with Crippen LogP contribution in [0, 0.1) is 6.92 Å². The van der Waals surface area contributed by atoms with E-state index in [1.807, 2.05) is 55.5 Å². The van der Waals surface area contributed by atoms with Crippen molar-refractivity contribution in [2.75, 3.05) is 31.8 Å². The van der Waals surface area contributed by atoms with Crippen LogP contribution in [0.5, 0.6) is 5.75 Å². The Morgan fingerprint density at radius 1 is 1.09 bits per heavy atom. The van der Waals surface area contributed by atoms with Crippen LogP contribution >= 0.6 is 0 Å². The molecule has 2 aromatic carbocycles. The monoisotopic (exact) mass is 459 g/mol. The van der Waals surface area contributed by atoms with E-state index in [9.17, 15) is 4.79 Å². The van der Waals surface area contributed by atoms with Crippen molar-refractivity contribution in [2.24, 2.45) is 0 Å². The van der Waals surface area contributed by atoms with Crippen molar-refractivity contribution in [1.82, 2.24) is 24.7 Å². The first-order chi connectivity index (χ1) is 16.3. The van der Waals surface area contributed by atoms with Gasteiger partial charge in [0.2, 0.25) is 11.9 Å². The molecule has 0 amide bonds. The first-order valence-corrected chi connectivity index (χ1v) is 10.5. The van der Waals surface area contributed by atoms with Crippen molar-refractivity contribution >= 4 is 17.9 Å². The average molecular weight is 460 g/mol. The van der Waals surface area contributed by atoms with Gasteiger partial charge in [0.1, 0.15) is 17.0 Å². The maximum Gasteiger partial charge on any atom is 0.342 e. The largest absolute Gasteiger partial charge is 0.497 e. The minimum absolute atomic E-state index is 0.0500. The lowest BCUT2D eigenvalue weighted by Crippen LogP contribution is -2.17. The zero-order valence-corrected chi connectivity index (χ0v) is 19.4. The molecular weight excluding hydrogens is 434 g/mol. The number of hydrogen-bond donors (Lipinski definition) is 1. The summed E-state index contributed by atoms with van der Waals surface area (Å²) in [6.45, 7) is 1.84. The van der Waals surface area contributed by atoms with Crippen LogP contribution in [-0.4, -0.2) is 51.9 Å². The van der Waals surface area contributed by atoms with Gasteiger partial charge in [-0.25, -0.2) is 9.48 Å². The van der Waals surface area contributed by atoms with Crippen LogP contribution in [0.3, 0.4) is 0 Å². The fraction of sp³-hybridized carbons (Fsp3) is 0.208. The topological polar surface area (TPSA) is 121 Å². The van der Waals surface area contributed by atoms with E-state index in [1.165, 1.54) is 0 Å². The van der Waals surface area contributed by atoms with Gasteiger partial charge in [0, 0.05) is 25.9 Å². The number of nitrogen functional groups attached to an aromatic ring is 1. The van der Waals surface area contributed by atoms with Crippen LogP contribution in [0.25, 0.3) is 16.9 Å². The van der Waals surface area contributed by atoms with E-state index in [4.69, 9.17) is 15.2 Å². The maximum absolute atomic E-state index is 13.1. The first kappa shape index (κ1) is 22.7. The summed E-state index contributed by atoms with van der Waals surface area (Å²) >= 11 is 0. The zero-order valence-electron chi connectivity index (χ0n) is 19.4. The van der Waals surface area contributed by atoms with Gasteiger partial charge >= 0.3 is 5.97 Å². The smallest absolute Gasteiger partial charge is 0.342 e. The SMILES string of the molecule is COc1cccc(-c2nn(-c3ccc(C)cc3)cc2C(=O)OCc2nc(N)nc(N(C)C)n2)c1. The summed E-state index contributed by atoms with van der Waals surface area (Å²) in [5.41, 5.74) is 9.18. The average Bonchev–Trinajstić information content (AvgIpc) is 3.28. The number of hydrogen-bond acceptors (Lipinski definition) is 9. The molecule has 0 spiro atoms. The van der Waals surface area contributed by atoms with E-state index < -0.39 is 5.97 Å². The second kappa shape index (κ2) is 9.57. The number of nitrogens with zero attached hydrogens (tertiary/aromatic N) is 6. The zero-order chi connectivity index (χ0) is 24.2. The molecule has 2 aromatic heterocycles. The second-order valence-electron chi connectivity index (χ2n) is 7.78. The van der Waals surface area contributed by atoms with Gasteiger partial charge < -0.3 is 20.1 Å². The van der Waals surface area contributed by atoms with E-state index in [1.54, 1.807) is 37.0 Å². The summed E-state index contributed by atoms with van der Waals surface area (Å²) in [5.74, 6) is 0.760. The minimum atomic E-state index is -0.568. The summed E-state index contributed by atoms with van der Waals surface area (Å²) in [6, 6.07) is 15.2. The highest BCUT2D eigenvalue weighted by Gasteiger charge is 2.21. The van der Waals surface area contributed by atoms with Crippen LogP contribution in [0.4, 0.5) is 11.9 Å². The summed E-state index contributed by atoms with van der Waals surface area (Å²) in [6.07, 6.45) is 1.65. The van der Waals surface area contributed by atoms with Gasteiger partial charge in [0.25, 0.3) is 0 Å². The van der Waals surface area contributed by atoms with Gasteiger partial charge in [-0.1, -0.05) is 29.8 Å². The van der Waals surface area contributed by atoms with Crippen molar-refractivity contribution in [3.8, 4) is 22.7 Å². The summed E-state index contributed by atoms with van der Waals surface area (Å²) in [7, 11) is 5.15. The highest BCUT2D eigenvalue weighted by atomic mass is 16.5. The van der Waals surface area contributed by atoms with Crippen LogP contribution < -0.4 is 15.4 Å². The molecule has 4 rings (SSSR count). The lowest BCUT2D eigenvalue weighted by molar-refractivity contribution is 0.0463. The Labute approximate surface area is 197 Å². The van der Waals surface area contributed by atoms with E-state index in [0.29, 0.717) is 23.0 Å². The Balaban J connectivity index is 1.67. The number of aryl methyl sites for hydroxylation is 1. The number of benzene rings is 2. The lowest BCUT2D eigenvalue weighted by Gasteiger charge is -2.11. The Bertz CT molecular complexity index is 1320. The molecule has 10 heteroatoms. The van der Waals surface area contributed by atoms with E-state index >= 15 is 0 Å². The molecular formula is C24H25N7O3. The number of esters is 1. The number of carbonyl (C=O) groups excluding carboxylic acids is 1. The minimum Gasteiger partial charge on any atom is -0.497 e. The first-order valence-electron chi connectivity index (χ1n) is 10.5. The van der Waals surface area contributed by atoms with Crippen molar-refractivity contribution in [3.05, 3.63) is 71.7 Å². The highest BCUT2D eigenvalue weighted by Crippen LogP contribution is 2.27. The molecule has 2 heterocycles. The Morgan fingerprint density at radius 3 is 2.56 bits per heavy atom. The third-order valence-electron chi connectivity index (χ3n) is 5.00. The Morgan fingerprint density at radius 2 is 1.85 bits per heavy atom. The number of anilines is 2. The molecule has 4 aromatic rings. The fourth-order valence-corrected chi connectivity index (χ4v) is 3.23. The van der Waals surface area contributed by atoms with E-state index in [0.717, 1.165) is 16.8 Å². The van der Waals surface area contributed by atoms with Crippen molar-refractivity contribution in [2.45, 2.75) is 13.5 Å². The summed E-state index contributed by atoms with van der Waals surface area (Å²) in [4.78, 5) is 27.2. The molecule has 2 N–H and O–H groups in total. The van der Waals surface area contributed by atoms with Crippen LogP contribution in [0.15, 0.2) is 54.7 Å². The number of methoxy groups -OCH3 is 1. The predicted octanol–water partition coefficient (Wildman–Crippen LogP) is 3.05. The molecule has 0 atom stereocenters. The standard InChI is InChI=1S/C24H25N7O3/c1-15-8-10-17(11-9-15)31-13-19(21(29-31)16-6-5-7-18(12-16)33-4)22(32)34-14-20-26-23(25)28-24(27-20)30(2)3/h5-13H,14H2,1-4H3,(H2,25,26,27,28). The molecule has 0 radical (unpaired) electrons. The number of rotatable bonds is 7. The van der Waals surface area contributed by atoms with Gasteiger partial charge in [0.15, 0.2) is 12.4 Å². The Hall–Kier alpha value is -4.47. The number of aromatic nitrogens is 5. The molecule has 0 fully saturated rings. The molecule has 0 aliphatic carbocycles. The maximum atomic E-state index is 13.1. The van der Waals surface area contributed by atoms with E-state index in [-0.39, 0.29) is 18.4 Å².